The number of rotatable bonds is 3. The van der Waals surface area contributed by atoms with E-state index in [9.17, 15) is 0 Å². The zero-order chi connectivity index (χ0) is 8.55. The first-order valence-electron chi connectivity index (χ1n) is 4.60. The van der Waals surface area contributed by atoms with E-state index in [2.05, 4.69) is 20.3 Å². The summed E-state index contributed by atoms with van der Waals surface area (Å²) < 4.78 is 5.63. The molecule has 0 bridgehead atoms. The first-order valence-corrected chi connectivity index (χ1v) is 4.60. The van der Waals surface area contributed by atoms with Crippen molar-refractivity contribution in [3.05, 3.63) is 11.5 Å². The van der Waals surface area contributed by atoms with E-state index in [1.807, 2.05) is 0 Å². The van der Waals surface area contributed by atoms with Gasteiger partial charge in [-0.3, -0.25) is 0 Å². The molecule has 0 aromatic heterocycles. The third-order valence-corrected chi connectivity index (χ3v) is 2.57. The van der Waals surface area contributed by atoms with Gasteiger partial charge in [-0.1, -0.05) is 13.0 Å². The van der Waals surface area contributed by atoms with Crippen LogP contribution in [0.2, 0.25) is 0 Å². The summed E-state index contributed by atoms with van der Waals surface area (Å²) >= 11 is 0. The predicted molar refractivity (Wildman–Crippen MR) is 48.0 cm³/mol. The molecule has 0 spiro atoms. The Hall–Kier alpha value is -0.275. The van der Waals surface area contributed by atoms with Crippen molar-refractivity contribution in [1.82, 2.24) is 0 Å². The van der Waals surface area contributed by atoms with E-state index in [4.69, 9.17) is 9.84 Å². The summed E-state index contributed by atoms with van der Waals surface area (Å²) in [7, 11) is 2.19. The molecule has 1 unspecified atom stereocenters. The third-order valence-electron chi connectivity index (χ3n) is 2.57. The van der Waals surface area contributed by atoms with Gasteiger partial charge in [0, 0.05) is 6.00 Å². The zero-order valence-corrected chi connectivity index (χ0v) is 7.36. The van der Waals surface area contributed by atoms with E-state index in [-0.39, 0.29) is 18.7 Å². The second-order valence-corrected chi connectivity index (χ2v) is 3.77. The van der Waals surface area contributed by atoms with Gasteiger partial charge in [-0.05, 0) is 18.8 Å². The number of hydrogen-bond acceptors (Lipinski definition) is 2. The zero-order valence-electron chi connectivity index (χ0n) is 7.36. The van der Waals surface area contributed by atoms with Crippen LogP contribution in [0.25, 0.3) is 0 Å². The van der Waals surface area contributed by atoms with Crippen LogP contribution in [0.15, 0.2) is 11.5 Å². The molecule has 1 heterocycles. The quantitative estimate of drug-likeness (QED) is 0.624. The Kier molecular flexibility index (Phi) is 2.24. The molecule has 2 rings (SSSR count). The van der Waals surface area contributed by atoms with Gasteiger partial charge < -0.3 is 9.84 Å². The Morgan fingerprint density at radius 1 is 1.75 bits per heavy atom. The standard InChI is InChI=1S/C9H14BO2/c1-6-4-8(5-11)12-9(6)10-7-2-3-7/h2,6,8-9,11H,3-5H2,1H3/t6-,8-,9?/m0/s1. The number of aliphatic hydroxyl groups is 1. The lowest BCUT2D eigenvalue weighted by atomic mass is 9.64. The summed E-state index contributed by atoms with van der Waals surface area (Å²) in [5, 5.41) is 8.90. The van der Waals surface area contributed by atoms with Crippen molar-refractivity contribution < 1.29 is 9.84 Å². The summed E-state index contributed by atoms with van der Waals surface area (Å²) in [4.78, 5) is 0. The Morgan fingerprint density at radius 2 is 2.50 bits per heavy atom. The maximum Gasteiger partial charge on any atom is 0.184 e. The minimum Gasteiger partial charge on any atom is -0.394 e. The van der Waals surface area contributed by atoms with Crippen molar-refractivity contribution >= 4 is 7.28 Å². The lowest BCUT2D eigenvalue weighted by Crippen LogP contribution is -2.22. The average Bonchev–Trinajstić information content (AvgIpc) is 2.78. The van der Waals surface area contributed by atoms with Crippen LogP contribution in [0, 0.1) is 5.92 Å². The van der Waals surface area contributed by atoms with Gasteiger partial charge in [0.1, 0.15) is 0 Å². The van der Waals surface area contributed by atoms with Gasteiger partial charge in [-0.15, -0.1) is 5.47 Å². The fourth-order valence-corrected chi connectivity index (χ4v) is 1.69. The molecular weight excluding hydrogens is 151 g/mol. The van der Waals surface area contributed by atoms with Crippen LogP contribution < -0.4 is 0 Å². The van der Waals surface area contributed by atoms with Gasteiger partial charge in [0.05, 0.1) is 12.7 Å². The van der Waals surface area contributed by atoms with Crippen molar-refractivity contribution in [1.29, 1.82) is 0 Å². The average molecular weight is 165 g/mol. The van der Waals surface area contributed by atoms with Gasteiger partial charge in [-0.25, -0.2) is 0 Å². The second-order valence-electron chi connectivity index (χ2n) is 3.77. The van der Waals surface area contributed by atoms with Gasteiger partial charge in [0.2, 0.25) is 0 Å². The van der Waals surface area contributed by atoms with Crippen molar-refractivity contribution in [2.75, 3.05) is 6.61 Å². The Labute approximate surface area is 73.9 Å². The maximum atomic E-state index is 8.90. The molecule has 0 aromatic rings. The molecule has 3 heteroatoms. The van der Waals surface area contributed by atoms with Crippen LogP contribution in [-0.2, 0) is 4.74 Å². The van der Waals surface area contributed by atoms with Crippen molar-refractivity contribution in [2.45, 2.75) is 31.9 Å². The van der Waals surface area contributed by atoms with Gasteiger partial charge >= 0.3 is 0 Å². The smallest absolute Gasteiger partial charge is 0.184 e. The highest BCUT2D eigenvalue weighted by molar-refractivity contribution is 6.48. The Bertz CT molecular complexity index is 203. The second kappa shape index (κ2) is 3.23. The fraction of sp³-hybridized carbons (Fsp3) is 0.778. The topological polar surface area (TPSA) is 29.5 Å². The molecule has 12 heavy (non-hydrogen) atoms. The van der Waals surface area contributed by atoms with Crippen LogP contribution in [0.4, 0.5) is 0 Å². The molecule has 2 nitrogen and oxygen atoms in total. The number of hydrogen-bond donors (Lipinski definition) is 1. The highest BCUT2D eigenvalue weighted by Crippen LogP contribution is 2.29. The molecule has 1 aliphatic carbocycles. The normalized spacial score (nSPS) is 39.5. The molecule has 2 aliphatic rings. The highest BCUT2D eigenvalue weighted by atomic mass is 16.5. The number of allylic oxidation sites excluding steroid dienone is 2. The van der Waals surface area contributed by atoms with Gasteiger partial charge in [-0.2, -0.15) is 0 Å². The first kappa shape index (κ1) is 8.33. The summed E-state index contributed by atoms with van der Waals surface area (Å²) in [6.45, 7) is 2.34. The molecule has 1 radical (unpaired) electrons. The van der Waals surface area contributed by atoms with E-state index < -0.39 is 0 Å². The lowest BCUT2D eigenvalue weighted by molar-refractivity contribution is 0.0394. The van der Waals surface area contributed by atoms with E-state index in [1.54, 1.807) is 0 Å². The predicted octanol–water partition coefficient (Wildman–Crippen LogP) is 0.722. The van der Waals surface area contributed by atoms with Crippen LogP contribution >= 0.6 is 0 Å². The van der Waals surface area contributed by atoms with Crippen LogP contribution in [0.5, 0.6) is 0 Å². The van der Waals surface area contributed by atoms with E-state index in [1.165, 1.54) is 5.47 Å². The van der Waals surface area contributed by atoms with E-state index >= 15 is 0 Å². The third kappa shape index (κ3) is 1.72. The lowest BCUT2D eigenvalue weighted by Gasteiger charge is -2.11. The van der Waals surface area contributed by atoms with E-state index in [0.717, 1.165) is 12.8 Å². The molecule has 1 saturated heterocycles. The summed E-state index contributed by atoms with van der Waals surface area (Å²) in [6, 6.07) is 0.246. The van der Waals surface area contributed by atoms with Crippen molar-refractivity contribution in [3.63, 3.8) is 0 Å². The minimum atomic E-state index is 0.0700. The molecule has 3 atom stereocenters. The molecule has 1 aliphatic heterocycles. The molecule has 0 aromatic carbocycles. The first-order chi connectivity index (χ1) is 5.79. The van der Waals surface area contributed by atoms with Crippen LogP contribution in [0.1, 0.15) is 19.8 Å². The largest absolute Gasteiger partial charge is 0.394 e. The molecule has 1 fully saturated rings. The summed E-state index contributed by atoms with van der Waals surface area (Å²) in [5.41, 5.74) is 1.41. The summed E-state index contributed by atoms with van der Waals surface area (Å²) in [6.07, 6.45) is 4.39. The maximum absolute atomic E-state index is 8.90. The van der Waals surface area contributed by atoms with Crippen LogP contribution in [0.3, 0.4) is 0 Å². The monoisotopic (exact) mass is 165 g/mol. The van der Waals surface area contributed by atoms with Gasteiger partial charge in [0.15, 0.2) is 7.28 Å². The minimum absolute atomic E-state index is 0.0700. The van der Waals surface area contributed by atoms with Crippen molar-refractivity contribution in [2.24, 2.45) is 5.92 Å². The molecule has 65 valence electrons. The van der Waals surface area contributed by atoms with Crippen molar-refractivity contribution in [3.8, 4) is 0 Å². The van der Waals surface area contributed by atoms with Crippen LogP contribution in [-0.4, -0.2) is 31.1 Å². The molecule has 0 saturated carbocycles. The summed E-state index contributed by atoms with van der Waals surface area (Å²) in [5.74, 6) is 0.559. The number of aliphatic hydroxyl groups excluding tert-OH is 1. The SMILES string of the molecule is C[C@H]1C[C@@H](CO)OC1[B]C1=CC1. The molecule has 0 amide bonds. The Morgan fingerprint density at radius 3 is 3.00 bits per heavy atom. The Balaban J connectivity index is 1.84. The molecular formula is C9H14BO2. The molecule has 1 N–H and O–H groups in total. The fourth-order valence-electron chi connectivity index (χ4n) is 1.69. The van der Waals surface area contributed by atoms with Gasteiger partial charge in [0.25, 0.3) is 0 Å². The van der Waals surface area contributed by atoms with E-state index in [0.29, 0.717) is 5.92 Å². The highest BCUT2D eigenvalue weighted by Gasteiger charge is 2.33. The number of ether oxygens (including phenoxy) is 1.